The Balaban J connectivity index is 1.42. The summed E-state index contributed by atoms with van der Waals surface area (Å²) in [5.74, 6) is 0.542. The highest BCUT2D eigenvalue weighted by molar-refractivity contribution is 5.75. The lowest BCUT2D eigenvalue weighted by molar-refractivity contribution is 0.419. The zero-order valence-electron chi connectivity index (χ0n) is 16.7. The molecule has 1 saturated heterocycles. The molecule has 1 aliphatic rings. The Morgan fingerprint density at radius 1 is 1.29 bits per heavy atom. The van der Waals surface area contributed by atoms with Gasteiger partial charge in [-0.25, -0.2) is 14.6 Å². The molecule has 1 N–H and O–H groups in total. The molecule has 8 nitrogen and oxygen atoms in total. The summed E-state index contributed by atoms with van der Waals surface area (Å²) in [5, 5.41) is 9.12. The van der Waals surface area contributed by atoms with Crippen LogP contribution in [-0.2, 0) is 13.6 Å². The molecule has 0 amide bonds. The molecule has 4 heterocycles. The molecule has 8 heteroatoms. The molecule has 3 aromatic heterocycles. The van der Waals surface area contributed by atoms with Crippen LogP contribution in [-0.4, -0.2) is 43.4 Å². The van der Waals surface area contributed by atoms with Gasteiger partial charge in [-0.05, 0) is 38.3 Å². The monoisotopic (exact) mass is 381 g/mol. The molecule has 0 aromatic carbocycles. The minimum atomic E-state index is -0.0417. The van der Waals surface area contributed by atoms with E-state index in [9.17, 15) is 4.79 Å². The van der Waals surface area contributed by atoms with E-state index in [1.54, 1.807) is 24.0 Å². The standard InChI is InChI=1S/C20H27N7O/c1-14(2)27-18-16(12-24-27)9-15(11-23-18)10-22-17-5-4-7-26(13-17)19-20(28)25(3)8-6-21-19/h6,8-9,11-12,14,17,22H,4-5,7,10,13H2,1-3H3/t17-/m0/s1. The van der Waals surface area contributed by atoms with E-state index in [0.29, 0.717) is 17.9 Å². The van der Waals surface area contributed by atoms with Crippen molar-refractivity contribution in [3.63, 3.8) is 0 Å². The van der Waals surface area contributed by atoms with E-state index in [1.165, 1.54) is 0 Å². The second kappa shape index (κ2) is 7.71. The second-order valence-corrected chi connectivity index (χ2v) is 7.77. The van der Waals surface area contributed by atoms with E-state index >= 15 is 0 Å². The van der Waals surface area contributed by atoms with Gasteiger partial charge in [-0.2, -0.15) is 5.10 Å². The highest BCUT2D eigenvalue weighted by Gasteiger charge is 2.22. The number of anilines is 1. The van der Waals surface area contributed by atoms with E-state index in [2.05, 4.69) is 45.2 Å². The summed E-state index contributed by atoms with van der Waals surface area (Å²) in [6.45, 7) is 6.61. The van der Waals surface area contributed by atoms with Crippen molar-refractivity contribution in [2.75, 3.05) is 18.0 Å². The van der Waals surface area contributed by atoms with E-state index in [4.69, 9.17) is 0 Å². The topological polar surface area (TPSA) is 80.9 Å². The maximum Gasteiger partial charge on any atom is 0.293 e. The van der Waals surface area contributed by atoms with Crippen molar-refractivity contribution in [2.45, 2.75) is 45.3 Å². The normalized spacial score (nSPS) is 17.6. The van der Waals surface area contributed by atoms with Crippen molar-refractivity contribution in [1.82, 2.24) is 29.6 Å². The number of fused-ring (bicyclic) bond motifs is 1. The fraction of sp³-hybridized carbons (Fsp3) is 0.500. The van der Waals surface area contributed by atoms with Crippen molar-refractivity contribution in [2.24, 2.45) is 7.05 Å². The zero-order chi connectivity index (χ0) is 19.7. The van der Waals surface area contributed by atoms with Crippen molar-refractivity contribution < 1.29 is 0 Å². The fourth-order valence-corrected chi connectivity index (χ4v) is 3.76. The van der Waals surface area contributed by atoms with Gasteiger partial charge < -0.3 is 14.8 Å². The first kappa shape index (κ1) is 18.6. The summed E-state index contributed by atoms with van der Waals surface area (Å²) in [6.07, 6.45) is 9.30. The first-order chi connectivity index (χ1) is 13.5. The Bertz CT molecular complexity index is 1020. The van der Waals surface area contributed by atoms with Crippen molar-refractivity contribution >= 4 is 16.9 Å². The molecule has 1 atom stereocenters. The van der Waals surface area contributed by atoms with E-state index in [-0.39, 0.29) is 5.56 Å². The van der Waals surface area contributed by atoms with Gasteiger partial charge in [-0.3, -0.25) is 4.79 Å². The van der Waals surface area contributed by atoms with Gasteiger partial charge in [0.05, 0.1) is 6.20 Å². The van der Waals surface area contributed by atoms with E-state index < -0.39 is 0 Å². The zero-order valence-corrected chi connectivity index (χ0v) is 16.7. The third-order valence-corrected chi connectivity index (χ3v) is 5.29. The molecule has 0 saturated carbocycles. The van der Waals surface area contributed by atoms with Gasteiger partial charge in [0.2, 0.25) is 0 Å². The minimum Gasteiger partial charge on any atom is -0.350 e. The van der Waals surface area contributed by atoms with Crippen molar-refractivity contribution in [3.05, 3.63) is 46.8 Å². The molecule has 1 aliphatic heterocycles. The van der Waals surface area contributed by atoms with Crippen LogP contribution in [0, 0.1) is 0 Å². The lowest BCUT2D eigenvalue weighted by atomic mass is 10.1. The van der Waals surface area contributed by atoms with E-state index in [1.807, 2.05) is 17.1 Å². The fourth-order valence-electron chi connectivity index (χ4n) is 3.76. The summed E-state index contributed by atoms with van der Waals surface area (Å²) in [7, 11) is 1.76. The SMILES string of the molecule is CC(C)n1ncc2cc(CN[C@H]3CCCN(c4nccn(C)c4=O)C3)cnc21. The number of nitrogens with zero attached hydrogens (tertiary/aromatic N) is 6. The number of aryl methyl sites for hydroxylation is 1. The van der Waals surface area contributed by atoms with Crippen LogP contribution in [0.2, 0.25) is 0 Å². The maximum absolute atomic E-state index is 12.4. The Hall–Kier alpha value is -2.74. The van der Waals surface area contributed by atoms with Gasteiger partial charge in [0.1, 0.15) is 0 Å². The summed E-state index contributed by atoms with van der Waals surface area (Å²) < 4.78 is 3.52. The van der Waals surface area contributed by atoms with E-state index in [0.717, 1.165) is 49.1 Å². The second-order valence-electron chi connectivity index (χ2n) is 7.77. The van der Waals surface area contributed by atoms with Crippen LogP contribution in [0.5, 0.6) is 0 Å². The van der Waals surface area contributed by atoms with Crippen LogP contribution in [0.3, 0.4) is 0 Å². The Morgan fingerprint density at radius 2 is 2.14 bits per heavy atom. The molecule has 0 spiro atoms. The van der Waals surface area contributed by atoms with Crippen LogP contribution in [0.4, 0.5) is 5.82 Å². The summed E-state index contributed by atoms with van der Waals surface area (Å²) in [6, 6.07) is 2.76. The molecule has 3 aromatic rings. The van der Waals surface area contributed by atoms with Crippen LogP contribution in [0.25, 0.3) is 11.0 Å². The molecule has 0 bridgehead atoms. The lowest BCUT2D eigenvalue weighted by Gasteiger charge is -2.33. The quantitative estimate of drug-likeness (QED) is 0.727. The molecular formula is C20H27N7O. The van der Waals surface area contributed by atoms with Crippen LogP contribution in [0.1, 0.15) is 38.3 Å². The third-order valence-electron chi connectivity index (χ3n) is 5.29. The molecule has 0 radical (unpaired) electrons. The molecule has 28 heavy (non-hydrogen) atoms. The lowest BCUT2D eigenvalue weighted by Crippen LogP contribution is -2.47. The van der Waals surface area contributed by atoms with Gasteiger partial charge in [0, 0.05) is 62.7 Å². The summed E-state index contributed by atoms with van der Waals surface area (Å²) in [4.78, 5) is 23.4. The Kier molecular flexibility index (Phi) is 5.13. The highest BCUT2D eigenvalue weighted by Crippen LogP contribution is 2.18. The Labute approximate surface area is 164 Å². The Morgan fingerprint density at radius 3 is 2.96 bits per heavy atom. The van der Waals surface area contributed by atoms with Crippen LogP contribution >= 0.6 is 0 Å². The summed E-state index contributed by atoms with van der Waals surface area (Å²) in [5.41, 5.74) is 2.02. The molecule has 4 rings (SSSR count). The van der Waals surface area contributed by atoms with Gasteiger partial charge >= 0.3 is 0 Å². The molecule has 0 aliphatic carbocycles. The van der Waals surface area contributed by atoms with Crippen LogP contribution in [0.15, 0.2) is 35.6 Å². The van der Waals surface area contributed by atoms with Crippen LogP contribution < -0.4 is 15.8 Å². The molecule has 0 unspecified atom stereocenters. The number of piperidine rings is 1. The molecular weight excluding hydrogens is 354 g/mol. The summed E-state index contributed by atoms with van der Waals surface area (Å²) >= 11 is 0. The maximum atomic E-state index is 12.4. The predicted octanol–water partition coefficient (Wildman–Crippen LogP) is 1.86. The van der Waals surface area contributed by atoms with Gasteiger partial charge in [-0.1, -0.05) is 0 Å². The smallest absolute Gasteiger partial charge is 0.293 e. The highest BCUT2D eigenvalue weighted by atomic mass is 16.1. The number of nitrogens with one attached hydrogen (secondary N) is 1. The third kappa shape index (κ3) is 3.64. The van der Waals surface area contributed by atoms with Crippen molar-refractivity contribution in [1.29, 1.82) is 0 Å². The number of rotatable bonds is 5. The number of pyridine rings is 1. The van der Waals surface area contributed by atoms with Gasteiger partial charge in [0.15, 0.2) is 11.5 Å². The largest absolute Gasteiger partial charge is 0.350 e. The first-order valence-corrected chi connectivity index (χ1v) is 9.85. The van der Waals surface area contributed by atoms with Gasteiger partial charge in [0.25, 0.3) is 5.56 Å². The molecule has 1 fully saturated rings. The van der Waals surface area contributed by atoms with Gasteiger partial charge in [-0.15, -0.1) is 0 Å². The molecule has 148 valence electrons. The predicted molar refractivity (Wildman–Crippen MR) is 109 cm³/mol. The van der Waals surface area contributed by atoms with Crippen molar-refractivity contribution in [3.8, 4) is 0 Å². The number of hydrogen-bond acceptors (Lipinski definition) is 6. The average molecular weight is 381 g/mol. The number of hydrogen-bond donors (Lipinski definition) is 1. The first-order valence-electron chi connectivity index (χ1n) is 9.85. The average Bonchev–Trinajstić information content (AvgIpc) is 3.12. The number of aromatic nitrogens is 5. The minimum absolute atomic E-state index is 0.0417.